The van der Waals surface area contributed by atoms with Gasteiger partial charge in [-0.1, -0.05) is 54.1 Å². The van der Waals surface area contributed by atoms with Gasteiger partial charge in [0, 0.05) is 36.3 Å². The lowest BCUT2D eigenvalue weighted by Gasteiger charge is -2.22. The molecule has 1 amide bonds. The third-order valence-corrected chi connectivity index (χ3v) is 6.39. The van der Waals surface area contributed by atoms with Gasteiger partial charge in [0.1, 0.15) is 12.4 Å². The van der Waals surface area contributed by atoms with E-state index in [2.05, 4.69) is 15.5 Å². The summed E-state index contributed by atoms with van der Waals surface area (Å²) in [7, 11) is 5.75. The molecule has 1 aliphatic rings. The number of nitrogens with zero attached hydrogens (tertiary/aromatic N) is 3. The van der Waals surface area contributed by atoms with Gasteiger partial charge in [-0.05, 0) is 62.2 Å². The van der Waals surface area contributed by atoms with E-state index in [0.29, 0.717) is 29.0 Å². The van der Waals surface area contributed by atoms with Crippen LogP contribution in [0.3, 0.4) is 0 Å². The van der Waals surface area contributed by atoms with Crippen LogP contribution in [-0.2, 0) is 11.3 Å². The Hall–Kier alpha value is -3.46. The summed E-state index contributed by atoms with van der Waals surface area (Å²) in [6.07, 6.45) is -0.904. The Morgan fingerprint density at radius 2 is 1.84 bits per heavy atom. The van der Waals surface area contributed by atoms with Gasteiger partial charge in [-0.25, -0.2) is 4.99 Å². The zero-order valence-electron chi connectivity index (χ0n) is 21.1. The SMILES string of the molecule is CN(C)CCOc1ccc(CNC(=S)NC2N=C(c3ccccc3)c3cc(Cl)ccc3N(C)C2=O)cc1. The molecular weight excluding hydrogens is 506 g/mol. The second kappa shape index (κ2) is 12.2. The molecule has 37 heavy (non-hydrogen) atoms. The monoisotopic (exact) mass is 535 g/mol. The third kappa shape index (κ3) is 6.85. The number of likely N-dealkylation sites (N-methyl/N-ethyl adjacent to an activating group) is 2. The lowest BCUT2D eigenvalue weighted by Crippen LogP contribution is -2.49. The number of hydrogen-bond donors (Lipinski definition) is 2. The molecule has 0 fully saturated rings. The highest BCUT2D eigenvalue weighted by atomic mass is 35.5. The first kappa shape index (κ1) is 26.6. The molecule has 4 rings (SSSR count). The molecule has 0 aromatic heterocycles. The Morgan fingerprint density at radius 3 is 2.54 bits per heavy atom. The maximum Gasteiger partial charge on any atom is 0.272 e. The van der Waals surface area contributed by atoms with E-state index in [4.69, 9.17) is 33.5 Å². The molecular formula is C28H30ClN5O2S. The van der Waals surface area contributed by atoms with Crippen LogP contribution in [0.15, 0.2) is 77.8 Å². The Bertz CT molecular complexity index is 1280. The summed E-state index contributed by atoms with van der Waals surface area (Å²) in [4.78, 5) is 21.8. The summed E-state index contributed by atoms with van der Waals surface area (Å²) in [6, 6.07) is 23.0. The number of benzene rings is 3. The van der Waals surface area contributed by atoms with Crippen molar-refractivity contribution < 1.29 is 9.53 Å². The van der Waals surface area contributed by atoms with E-state index in [1.165, 1.54) is 0 Å². The summed E-state index contributed by atoms with van der Waals surface area (Å²) >= 11 is 11.8. The minimum Gasteiger partial charge on any atom is -0.492 e. The van der Waals surface area contributed by atoms with Gasteiger partial charge in [0.15, 0.2) is 5.11 Å². The molecule has 0 aliphatic carbocycles. The number of halogens is 1. The largest absolute Gasteiger partial charge is 0.492 e. The summed E-state index contributed by atoms with van der Waals surface area (Å²) < 4.78 is 5.75. The molecule has 192 valence electrons. The van der Waals surface area contributed by atoms with Crippen molar-refractivity contribution in [3.8, 4) is 5.75 Å². The minimum atomic E-state index is -0.904. The number of ether oxygens (including phenoxy) is 1. The molecule has 1 heterocycles. The highest BCUT2D eigenvalue weighted by Crippen LogP contribution is 2.29. The molecule has 7 nitrogen and oxygen atoms in total. The Morgan fingerprint density at radius 1 is 1.11 bits per heavy atom. The molecule has 2 N–H and O–H groups in total. The zero-order chi connectivity index (χ0) is 26.4. The standard InChI is InChI=1S/C28H30ClN5O2S/c1-33(2)15-16-36-22-12-9-19(10-13-22)18-30-28(37)32-26-27(35)34(3)24-14-11-21(29)17-23(24)25(31-26)20-7-5-4-6-8-20/h4-14,17,26H,15-16,18H2,1-3H3,(H2,30,32,37). The maximum atomic E-state index is 13.4. The number of carbonyl (C=O) groups is 1. The second-order valence-corrected chi connectivity index (χ2v) is 9.77. The van der Waals surface area contributed by atoms with Crippen molar-refractivity contribution in [1.82, 2.24) is 15.5 Å². The summed E-state index contributed by atoms with van der Waals surface area (Å²) in [5.74, 6) is 0.596. The van der Waals surface area contributed by atoms with Gasteiger partial charge in [0.2, 0.25) is 6.17 Å². The second-order valence-electron chi connectivity index (χ2n) is 8.93. The predicted octanol–water partition coefficient (Wildman–Crippen LogP) is 4.08. The highest BCUT2D eigenvalue weighted by molar-refractivity contribution is 7.80. The van der Waals surface area contributed by atoms with E-state index in [0.717, 1.165) is 34.7 Å². The topological polar surface area (TPSA) is 69.2 Å². The smallest absolute Gasteiger partial charge is 0.272 e. The van der Waals surface area contributed by atoms with Gasteiger partial charge in [-0.2, -0.15) is 0 Å². The van der Waals surface area contributed by atoms with Crippen LogP contribution in [0.1, 0.15) is 16.7 Å². The van der Waals surface area contributed by atoms with Crippen molar-refractivity contribution in [3.05, 3.63) is 94.5 Å². The average molecular weight is 536 g/mol. The summed E-state index contributed by atoms with van der Waals surface area (Å²) in [6.45, 7) is 1.97. The third-order valence-electron chi connectivity index (χ3n) is 5.90. The first-order chi connectivity index (χ1) is 17.8. The van der Waals surface area contributed by atoms with Crippen molar-refractivity contribution >= 4 is 46.2 Å². The quantitative estimate of drug-likeness (QED) is 0.424. The number of rotatable bonds is 8. The van der Waals surface area contributed by atoms with Gasteiger partial charge < -0.3 is 25.2 Å². The first-order valence-electron chi connectivity index (χ1n) is 11.9. The Kier molecular flexibility index (Phi) is 8.76. The number of carbonyl (C=O) groups excluding carboxylic acids is 1. The van der Waals surface area contributed by atoms with Gasteiger partial charge >= 0.3 is 0 Å². The van der Waals surface area contributed by atoms with Crippen LogP contribution in [0, 0.1) is 0 Å². The lowest BCUT2D eigenvalue weighted by atomic mass is 10.0. The number of hydrogen-bond acceptors (Lipinski definition) is 5. The molecule has 0 saturated heterocycles. The van der Waals surface area contributed by atoms with Crippen LogP contribution in [-0.4, -0.2) is 62.1 Å². The van der Waals surface area contributed by atoms with Gasteiger partial charge in [-0.15, -0.1) is 0 Å². The maximum absolute atomic E-state index is 13.4. The van der Waals surface area contributed by atoms with Gasteiger partial charge in [-0.3, -0.25) is 4.79 Å². The van der Waals surface area contributed by atoms with Gasteiger partial charge in [0.25, 0.3) is 5.91 Å². The molecule has 0 radical (unpaired) electrons. The number of amides is 1. The van der Waals surface area contributed by atoms with Crippen LogP contribution >= 0.6 is 23.8 Å². The zero-order valence-corrected chi connectivity index (χ0v) is 22.6. The number of anilines is 1. The number of aliphatic imine (C=N–C) groups is 1. The predicted molar refractivity (Wildman–Crippen MR) is 154 cm³/mol. The minimum absolute atomic E-state index is 0.224. The molecule has 1 unspecified atom stereocenters. The number of nitrogens with one attached hydrogen (secondary N) is 2. The van der Waals surface area contributed by atoms with Crippen LogP contribution < -0.4 is 20.3 Å². The van der Waals surface area contributed by atoms with Crippen LogP contribution in [0.5, 0.6) is 5.75 Å². The molecule has 9 heteroatoms. The Labute approximate surface area is 228 Å². The average Bonchev–Trinajstić information content (AvgIpc) is 2.99. The Balaban J connectivity index is 1.47. The number of thiocarbonyl (C=S) groups is 1. The fraction of sp³-hybridized carbons (Fsp3) is 0.250. The van der Waals surface area contributed by atoms with Crippen LogP contribution in [0.4, 0.5) is 5.69 Å². The molecule has 0 bridgehead atoms. The van der Waals surface area contributed by atoms with Crippen molar-refractivity contribution in [1.29, 1.82) is 0 Å². The van der Waals surface area contributed by atoms with Crippen molar-refractivity contribution in [2.75, 3.05) is 39.2 Å². The molecule has 1 aliphatic heterocycles. The van der Waals surface area contributed by atoms with E-state index in [1.807, 2.05) is 80.8 Å². The summed E-state index contributed by atoms with van der Waals surface area (Å²) in [5.41, 5.74) is 4.09. The summed E-state index contributed by atoms with van der Waals surface area (Å²) in [5, 5.41) is 7.17. The van der Waals surface area contributed by atoms with Crippen LogP contribution in [0.25, 0.3) is 0 Å². The van der Waals surface area contributed by atoms with E-state index in [9.17, 15) is 4.79 Å². The lowest BCUT2D eigenvalue weighted by molar-refractivity contribution is -0.119. The molecule has 0 saturated carbocycles. The number of fused-ring (bicyclic) bond motifs is 1. The molecule has 1 atom stereocenters. The van der Waals surface area contributed by atoms with Crippen molar-refractivity contribution in [3.63, 3.8) is 0 Å². The first-order valence-corrected chi connectivity index (χ1v) is 12.7. The van der Waals surface area contributed by atoms with E-state index in [1.54, 1.807) is 18.0 Å². The normalized spacial score (nSPS) is 15.1. The molecule has 0 spiro atoms. The van der Waals surface area contributed by atoms with Crippen LogP contribution in [0.2, 0.25) is 5.02 Å². The number of benzodiazepines with no additional fused rings is 1. The highest BCUT2D eigenvalue weighted by Gasteiger charge is 2.30. The molecule has 3 aromatic carbocycles. The van der Waals surface area contributed by atoms with Crippen molar-refractivity contribution in [2.45, 2.75) is 12.7 Å². The van der Waals surface area contributed by atoms with E-state index < -0.39 is 6.17 Å². The fourth-order valence-electron chi connectivity index (χ4n) is 3.87. The van der Waals surface area contributed by atoms with E-state index in [-0.39, 0.29) is 5.91 Å². The van der Waals surface area contributed by atoms with E-state index >= 15 is 0 Å². The molecule has 3 aromatic rings. The van der Waals surface area contributed by atoms with Crippen molar-refractivity contribution in [2.24, 2.45) is 4.99 Å². The fourth-order valence-corrected chi connectivity index (χ4v) is 4.23. The van der Waals surface area contributed by atoms with Gasteiger partial charge in [0.05, 0.1) is 11.4 Å².